The average molecular weight is 392 g/mol. The molecule has 0 aliphatic carbocycles. The van der Waals surface area contributed by atoms with Crippen molar-refractivity contribution in [3.63, 3.8) is 0 Å². The Hall–Kier alpha value is -2.67. The third-order valence-corrected chi connectivity index (χ3v) is 5.18. The van der Waals surface area contributed by atoms with Gasteiger partial charge >= 0.3 is 6.61 Å². The topological polar surface area (TPSA) is 32.0 Å². The number of hydrogen-bond donors (Lipinski definition) is 0. The summed E-state index contributed by atoms with van der Waals surface area (Å²) in [6, 6.07) is 8.35. The predicted molar refractivity (Wildman–Crippen MR) is 96.1 cm³/mol. The summed E-state index contributed by atoms with van der Waals surface area (Å²) >= 11 is 6.13. The van der Waals surface area contributed by atoms with Crippen LogP contribution in [0.5, 0.6) is 5.75 Å². The molecule has 0 N–H and O–H groups in total. The highest BCUT2D eigenvalue weighted by Crippen LogP contribution is 2.36. The van der Waals surface area contributed by atoms with E-state index in [1.54, 1.807) is 18.2 Å². The molecule has 5 rings (SSSR count). The maximum Gasteiger partial charge on any atom is 0.387 e. The van der Waals surface area contributed by atoms with Crippen LogP contribution < -0.4 is 4.74 Å². The molecule has 0 atom stereocenters. The number of halogens is 4. The smallest absolute Gasteiger partial charge is 0.387 e. The Morgan fingerprint density at radius 2 is 2.04 bits per heavy atom. The number of alkyl halides is 2. The lowest BCUT2D eigenvalue weighted by atomic mass is 10.1. The maximum absolute atomic E-state index is 14.6. The van der Waals surface area contributed by atoms with Crippen molar-refractivity contribution in [1.29, 1.82) is 0 Å². The molecule has 0 bridgehead atoms. The van der Waals surface area contributed by atoms with Crippen LogP contribution in [-0.4, -0.2) is 20.7 Å². The van der Waals surface area contributed by atoms with Gasteiger partial charge in [0.15, 0.2) is 11.6 Å². The molecule has 0 saturated heterocycles. The third kappa shape index (κ3) is 2.56. The van der Waals surface area contributed by atoms with E-state index in [9.17, 15) is 13.2 Å². The van der Waals surface area contributed by atoms with Gasteiger partial charge in [0.2, 0.25) is 0 Å². The maximum atomic E-state index is 14.6. The summed E-state index contributed by atoms with van der Waals surface area (Å²) in [6.45, 7) is -2.37. The van der Waals surface area contributed by atoms with Crippen LogP contribution in [0.4, 0.5) is 13.2 Å². The summed E-state index contributed by atoms with van der Waals surface area (Å²) in [5.74, 6) is -0.443. The minimum Gasteiger partial charge on any atom is -0.431 e. The van der Waals surface area contributed by atoms with Gasteiger partial charge in [-0.05, 0) is 30.3 Å². The van der Waals surface area contributed by atoms with E-state index >= 15 is 0 Å². The van der Waals surface area contributed by atoms with Crippen molar-refractivity contribution >= 4 is 33.5 Å². The normalized spacial score (nSPS) is 13.8. The van der Waals surface area contributed by atoms with Crippen LogP contribution in [0, 0.1) is 5.82 Å². The zero-order valence-corrected chi connectivity index (χ0v) is 14.7. The van der Waals surface area contributed by atoms with Crippen LogP contribution in [0.3, 0.4) is 0 Å². The van der Waals surface area contributed by atoms with Crippen molar-refractivity contribution in [3.8, 4) is 5.75 Å². The summed E-state index contributed by atoms with van der Waals surface area (Å²) in [4.78, 5) is 4.64. The molecular weight excluding hydrogens is 379 g/mol. The average Bonchev–Trinajstić information content (AvgIpc) is 3.14. The van der Waals surface area contributed by atoms with Gasteiger partial charge in [-0.25, -0.2) is 9.37 Å². The Bertz CT molecular complexity index is 1200. The second kappa shape index (κ2) is 5.92. The number of imidazole rings is 1. The van der Waals surface area contributed by atoms with Gasteiger partial charge in [0.25, 0.3) is 0 Å². The molecule has 3 heterocycles. The Morgan fingerprint density at radius 1 is 1.19 bits per heavy atom. The van der Waals surface area contributed by atoms with Crippen molar-refractivity contribution in [2.75, 3.05) is 0 Å². The van der Waals surface area contributed by atoms with Gasteiger partial charge in [-0.15, -0.1) is 0 Å². The lowest BCUT2D eigenvalue weighted by molar-refractivity contribution is -0.0527. The Balaban J connectivity index is 1.81. The van der Waals surface area contributed by atoms with Crippen molar-refractivity contribution in [2.24, 2.45) is 0 Å². The number of benzene rings is 2. The fraction of sp³-hybridized carbons (Fsp3) is 0.211. The van der Waals surface area contributed by atoms with Crippen LogP contribution in [0.1, 0.15) is 11.4 Å². The molecule has 138 valence electrons. The molecule has 4 nitrogen and oxygen atoms in total. The number of hydrogen-bond acceptors (Lipinski definition) is 2. The molecule has 27 heavy (non-hydrogen) atoms. The van der Waals surface area contributed by atoms with Crippen LogP contribution in [-0.2, 0) is 19.5 Å². The number of fused-ring (bicyclic) bond motifs is 3. The van der Waals surface area contributed by atoms with E-state index in [2.05, 4.69) is 9.72 Å². The highest BCUT2D eigenvalue weighted by molar-refractivity contribution is 6.31. The Labute approximate surface area is 156 Å². The van der Waals surface area contributed by atoms with Crippen LogP contribution in [0.15, 0.2) is 36.5 Å². The fourth-order valence-corrected chi connectivity index (χ4v) is 4.01. The SMILES string of the molecule is Fc1cc2ccn3c2c(c1OC(F)F)Cn1c(nc2ccc(Cl)cc21)CC3. The molecule has 0 spiro atoms. The number of aryl methyl sites for hydroxylation is 2. The minimum absolute atomic E-state index is 0.159. The van der Waals surface area contributed by atoms with Gasteiger partial charge in [0.1, 0.15) is 5.82 Å². The first-order valence-electron chi connectivity index (χ1n) is 8.41. The predicted octanol–water partition coefficient (Wildman–Crippen LogP) is 4.99. The molecule has 0 fully saturated rings. The number of nitrogens with zero attached hydrogens (tertiary/aromatic N) is 3. The summed E-state index contributed by atoms with van der Waals surface area (Å²) in [7, 11) is 0. The minimum atomic E-state index is -3.12. The molecular formula is C19H13ClF3N3O. The summed E-state index contributed by atoms with van der Waals surface area (Å²) in [5.41, 5.74) is 2.60. The van der Waals surface area contributed by atoms with E-state index in [0.29, 0.717) is 34.5 Å². The summed E-state index contributed by atoms with van der Waals surface area (Å²) < 4.78 is 48.9. The van der Waals surface area contributed by atoms with Crippen LogP contribution in [0.25, 0.3) is 21.9 Å². The van der Waals surface area contributed by atoms with Gasteiger partial charge in [-0.1, -0.05) is 11.6 Å². The molecule has 8 heteroatoms. The van der Waals surface area contributed by atoms with E-state index in [-0.39, 0.29) is 6.54 Å². The molecule has 0 saturated carbocycles. The molecule has 0 amide bonds. The molecule has 0 radical (unpaired) electrons. The van der Waals surface area contributed by atoms with Crippen molar-refractivity contribution in [1.82, 2.24) is 14.1 Å². The number of ether oxygens (including phenoxy) is 1. The molecule has 2 aromatic heterocycles. The van der Waals surface area contributed by atoms with E-state index in [0.717, 1.165) is 16.9 Å². The molecule has 1 aliphatic rings. The van der Waals surface area contributed by atoms with Gasteiger partial charge in [0.05, 0.1) is 23.1 Å². The second-order valence-electron chi connectivity index (χ2n) is 6.49. The number of rotatable bonds is 2. The van der Waals surface area contributed by atoms with Crippen molar-refractivity contribution < 1.29 is 17.9 Å². The van der Waals surface area contributed by atoms with Crippen LogP contribution in [0.2, 0.25) is 5.02 Å². The van der Waals surface area contributed by atoms with Gasteiger partial charge in [0, 0.05) is 35.1 Å². The van der Waals surface area contributed by atoms with Crippen molar-refractivity contribution in [2.45, 2.75) is 26.1 Å². The lowest BCUT2D eigenvalue weighted by Gasteiger charge is -2.20. The summed E-state index contributed by atoms with van der Waals surface area (Å²) in [5, 5.41) is 1.19. The Kier molecular flexibility index (Phi) is 3.62. The molecule has 2 aromatic carbocycles. The third-order valence-electron chi connectivity index (χ3n) is 4.94. The molecule has 0 unspecified atom stereocenters. The Morgan fingerprint density at radius 3 is 2.85 bits per heavy atom. The largest absolute Gasteiger partial charge is 0.431 e. The van der Waals surface area contributed by atoms with Gasteiger partial charge < -0.3 is 13.9 Å². The second-order valence-corrected chi connectivity index (χ2v) is 6.93. The van der Waals surface area contributed by atoms with E-state index in [1.165, 1.54) is 6.07 Å². The highest BCUT2D eigenvalue weighted by Gasteiger charge is 2.24. The van der Waals surface area contributed by atoms with E-state index < -0.39 is 18.2 Å². The van der Waals surface area contributed by atoms with E-state index in [4.69, 9.17) is 11.6 Å². The van der Waals surface area contributed by atoms with Crippen molar-refractivity contribution in [3.05, 3.63) is 58.8 Å². The first-order chi connectivity index (χ1) is 13.0. The lowest BCUT2D eigenvalue weighted by Crippen LogP contribution is -2.16. The van der Waals surface area contributed by atoms with E-state index in [1.807, 2.05) is 21.4 Å². The first kappa shape index (κ1) is 16.5. The zero-order valence-electron chi connectivity index (χ0n) is 13.9. The standard InChI is InChI=1S/C19H13ClF3N3O/c20-11-1-2-14-15(8-11)26-9-12-17-10(7-13(21)18(12)27-19(22)23)3-5-25(17)6-4-16(26)24-14/h1-3,5,7-8,19H,4,6,9H2. The zero-order chi connectivity index (χ0) is 18.7. The van der Waals surface area contributed by atoms with Crippen LogP contribution >= 0.6 is 11.6 Å². The first-order valence-corrected chi connectivity index (χ1v) is 8.79. The van der Waals surface area contributed by atoms with Gasteiger partial charge in [-0.3, -0.25) is 0 Å². The molecule has 4 aromatic rings. The quantitative estimate of drug-likeness (QED) is 0.482. The monoisotopic (exact) mass is 391 g/mol. The summed E-state index contributed by atoms with van der Waals surface area (Å²) in [6.07, 6.45) is 2.48. The molecule has 1 aliphatic heterocycles. The fourth-order valence-electron chi connectivity index (χ4n) is 3.85. The number of aromatic nitrogens is 3. The van der Waals surface area contributed by atoms with Gasteiger partial charge in [-0.2, -0.15) is 8.78 Å². The highest BCUT2D eigenvalue weighted by atomic mass is 35.5.